The van der Waals surface area contributed by atoms with Crippen molar-refractivity contribution in [2.45, 2.75) is 13.8 Å². The summed E-state index contributed by atoms with van der Waals surface area (Å²) in [6.45, 7) is 3.82. The summed E-state index contributed by atoms with van der Waals surface area (Å²) in [5, 5.41) is 8.35. The number of fused-ring (bicyclic) bond motifs is 1. The van der Waals surface area contributed by atoms with Crippen LogP contribution in [0.5, 0.6) is 0 Å². The summed E-state index contributed by atoms with van der Waals surface area (Å²) in [5.74, 6) is -1.99. The van der Waals surface area contributed by atoms with E-state index in [4.69, 9.17) is 0 Å². The molecule has 2 N–H and O–H groups in total. The Morgan fingerprint density at radius 1 is 0.938 bits per heavy atom. The van der Waals surface area contributed by atoms with Gasteiger partial charge in [-0.3, -0.25) is 9.59 Å². The van der Waals surface area contributed by atoms with Crippen molar-refractivity contribution in [2.75, 3.05) is 5.32 Å². The molecule has 0 aliphatic carbocycles. The standard InChI is InChI=1S/C25H21FN4O2/c1-16-14-19(17(2)30(16)21-12-10-20(26)11-13-21)15-27-29-25(32)24(31)28-23-9-5-7-18-6-3-4-8-22(18)23/h3-15H,1-2H3,(H,28,31)(H,29,32)/b27-15-. The number of nitrogens with one attached hydrogen (secondary N) is 2. The molecular weight excluding hydrogens is 407 g/mol. The molecule has 1 aromatic heterocycles. The van der Waals surface area contributed by atoms with Crippen LogP contribution in [0.15, 0.2) is 77.9 Å². The molecule has 4 aromatic rings. The van der Waals surface area contributed by atoms with E-state index in [1.807, 2.05) is 60.9 Å². The van der Waals surface area contributed by atoms with Crippen LogP contribution in [-0.2, 0) is 9.59 Å². The summed E-state index contributed by atoms with van der Waals surface area (Å²) >= 11 is 0. The normalized spacial score (nSPS) is 11.1. The van der Waals surface area contributed by atoms with Gasteiger partial charge in [-0.2, -0.15) is 5.10 Å². The van der Waals surface area contributed by atoms with Crippen molar-refractivity contribution in [3.63, 3.8) is 0 Å². The van der Waals surface area contributed by atoms with Crippen LogP contribution >= 0.6 is 0 Å². The third-order valence-corrected chi connectivity index (χ3v) is 5.17. The molecule has 4 rings (SSSR count). The summed E-state index contributed by atoms with van der Waals surface area (Å²) in [6.07, 6.45) is 1.48. The first-order valence-electron chi connectivity index (χ1n) is 10.0. The molecule has 32 heavy (non-hydrogen) atoms. The van der Waals surface area contributed by atoms with Crippen molar-refractivity contribution in [2.24, 2.45) is 5.10 Å². The van der Waals surface area contributed by atoms with Gasteiger partial charge in [0.15, 0.2) is 0 Å². The lowest BCUT2D eigenvalue weighted by Gasteiger charge is -2.09. The van der Waals surface area contributed by atoms with Gasteiger partial charge in [-0.1, -0.05) is 36.4 Å². The maximum absolute atomic E-state index is 13.2. The first-order valence-corrected chi connectivity index (χ1v) is 10.0. The minimum Gasteiger partial charge on any atom is -0.318 e. The predicted molar refractivity (Wildman–Crippen MR) is 124 cm³/mol. The van der Waals surface area contributed by atoms with Crippen molar-refractivity contribution in [3.05, 3.63) is 95.6 Å². The van der Waals surface area contributed by atoms with Crippen LogP contribution < -0.4 is 10.7 Å². The molecule has 0 aliphatic rings. The van der Waals surface area contributed by atoms with Gasteiger partial charge in [0.1, 0.15) is 5.82 Å². The van der Waals surface area contributed by atoms with E-state index < -0.39 is 11.8 Å². The summed E-state index contributed by atoms with van der Waals surface area (Å²) in [6, 6.07) is 21.1. The van der Waals surface area contributed by atoms with Gasteiger partial charge in [-0.15, -0.1) is 0 Å². The number of benzene rings is 3. The lowest BCUT2D eigenvalue weighted by molar-refractivity contribution is -0.136. The van der Waals surface area contributed by atoms with E-state index in [1.165, 1.54) is 18.3 Å². The number of aromatic nitrogens is 1. The van der Waals surface area contributed by atoms with Gasteiger partial charge in [-0.25, -0.2) is 9.82 Å². The Hall–Kier alpha value is -4.26. The summed E-state index contributed by atoms with van der Waals surface area (Å²) in [4.78, 5) is 24.5. The molecule has 0 unspecified atom stereocenters. The predicted octanol–water partition coefficient (Wildman–Crippen LogP) is 4.48. The van der Waals surface area contributed by atoms with Crippen LogP contribution in [0.3, 0.4) is 0 Å². The minimum atomic E-state index is -0.874. The molecule has 1 heterocycles. The fourth-order valence-corrected chi connectivity index (χ4v) is 3.63. The van der Waals surface area contributed by atoms with Gasteiger partial charge in [0.25, 0.3) is 0 Å². The average Bonchev–Trinajstić information content (AvgIpc) is 3.07. The molecule has 0 saturated heterocycles. The van der Waals surface area contributed by atoms with E-state index in [2.05, 4.69) is 15.8 Å². The number of hydrogen-bond acceptors (Lipinski definition) is 3. The monoisotopic (exact) mass is 428 g/mol. The maximum atomic E-state index is 13.2. The van der Waals surface area contributed by atoms with Crippen molar-refractivity contribution in [1.82, 2.24) is 9.99 Å². The van der Waals surface area contributed by atoms with Crippen LogP contribution in [-0.4, -0.2) is 22.6 Å². The fourth-order valence-electron chi connectivity index (χ4n) is 3.63. The van der Waals surface area contributed by atoms with Crippen LogP contribution in [0.2, 0.25) is 0 Å². The molecule has 6 nitrogen and oxygen atoms in total. The van der Waals surface area contributed by atoms with E-state index in [0.717, 1.165) is 33.4 Å². The second kappa shape index (κ2) is 8.85. The van der Waals surface area contributed by atoms with E-state index in [-0.39, 0.29) is 5.82 Å². The fraction of sp³-hybridized carbons (Fsp3) is 0.0800. The Labute approximate surface area is 184 Å². The highest BCUT2D eigenvalue weighted by Crippen LogP contribution is 2.23. The lowest BCUT2D eigenvalue weighted by atomic mass is 10.1. The summed E-state index contributed by atoms with van der Waals surface area (Å²) in [7, 11) is 0. The highest BCUT2D eigenvalue weighted by atomic mass is 19.1. The topological polar surface area (TPSA) is 75.5 Å². The number of carbonyl (C=O) groups is 2. The average molecular weight is 428 g/mol. The van der Waals surface area contributed by atoms with Crippen LogP contribution in [0.4, 0.5) is 10.1 Å². The van der Waals surface area contributed by atoms with Crippen LogP contribution in [0.1, 0.15) is 17.0 Å². The number of nitrogens with zero attached hydrogens (tertiary/aromatic N) is 2. The molecule has 0 fully saturated rings. The van der Waals surface area contributed by atoms with E-state index in [1.54, 1.807) is 18.2 Å². The molecular formula is C25H21FN4O2. The largest absolute Gasteiger partial charge is 0.329 e. The SMILES string of the molecule is Cc1cc(/C=N\NC(=O)C(=O)Nc2cccc3ccccc23)c(C)n1-c1ccc(F)cc1. The van der Waals surface area contributed by atoms with E-state index >= 15 is 0 Å². The number of hydrogen-bond donors (Lipinski definition) is 2. The van der Waals surface area contributed by atoms with Crippen molar-refractivity contribution in [3.8, 4) is 5.69 Å². The zero-order valence-electron chi connectivity index (χ0n) is 17.6. The number of carbonyl (C=O) groups excluding carboxylic acids is 2. The van der Waals surface area contributed by atoms with Crippen LogP contribution in [0, 0.1) is 19.7 Å². The summed E-state index contributed by atoms with van der Waals surface area (Å²) in [5.41, 5.74) is 6.19. The molecule has 160 valence electrons. The van der Waals surface area contributed by atoms with Gasteiger partial charge in [0, 0.05) is 33.7 Å². The Bertz CT molecular complexity index is 1330. The van der Waals surface area contributed by atoms with Crippen molar-refractivity contribution >= 4 is 34.5 Å². The number of anilines is 1. The van der Waals surface area contributed by atoms with E-state index in [9.17, 15) is 14.0 Å². The molecule has 3 aromatic carbocycles. The molecule has 7 heteroatoms. The van der Waals surface area contributed by atoms with E-state index in [0.29, 0.717) is 5.69 Å². The quantitative estimate of drug-likeness (QED) is 0.286. The molecule has 2 amide bonds. The minimum absolute atomic E-state index is 0.303. The zero-order chi connectivity index (χ0) is 22.7. The highest BCUT2D eigenvalue weighted by Gasteiger charge is 2.15. The van der Waals surface area contributed by atoms with Gasteiger partial charge in [-0.05, 0) is 55.6 Å². The molecule has 0 aliphatic heterocycles. The van der Waals surface area contributed by atoms with Gasteiger partial charge < -0.3 is 9.88 Å². The van der Waals surface area contributed by atoms with Gasteiger partial charge in [0.05, 0.1) is 6.21 Å². The Morgan fingerprint density at radius 2 is 1.66 bits per heavy atom. The zero-order valence-corrected chi connectivity index (χ0v) is 17.6. The second-order valence-corrected chi connectivity index (χ2v) is 7.32. The number of rotatable bonds is 4. The third kappa shape index (κ3) is 4.27. The number of amides is 2. The maximum Gasteiger partial charge on any atom is 0.329 e. The highest BCUT2D eigenvalue weighted by molar-refractivity contribution is 6.40. The molecule has 0 bridgehead atoms. The van der Waals surface area contributed by atoms with Crippen molar-refractivity contribution < 1.29 is 14.0 Å². The Kier molecular flexibility index (Phi) is 5.81. The Morgan fingerprint density at radius 3 is 2.44 bits per heavy atom. The van der Waals surface area contributed by atoms with Gasteiger partial charge in [0.2, 0.25) is 0 Å². The Balaban J connectivity index is 1.45. The number of hydrazone groups is 1. The molecule has 0 spiro atoms. The molecule has 0 atom stereocenters. The smallest absolute Gasteiger partial charge is 0.318 e. The number of aryl methyl sites for hydroxylation is 1. The lowest BCUT2D eigenvalue weighted by Crippen LogP contribution is -2.32. The number of halogens is 1. The second-order valence-electron chi connectivity index (χ2n) is 7.32. The molecule has 0 radical (unpaired) electrons. The third-order valence-electron chi connectivity index (χ3n) is 5.17. The van der Waals surface area contributed by atoms with Crippen molar-refractivity contribution in [1.29, 1.82) is 0 Å². The first-order chi connectivity index (χ1) is 15.4. The van der Waals surface area contributed by atoms with Gasteiger partial charge >= 0.3 is 11.8 Å². The molecule has 0 saturated carbocycles. The summed E-state index contributed by atoms with van der Waals surface area (Å²) < 4.78 is 15.2. The van der Waals surface area contributed by atoms with Crippen LogP contribution in [0.25, 0.3) is 16.5 Å². The first kappa shape index (κ1) is 21.0.